The Morgan fingerprint density at radius 1 is 1.58 bits per heavy atom. The maximum atomic E-state index is 5.75. The second-order valence-corrected chi connectivity index (χ2v) is 4.61. The first kappa shape index (κ1) is 8.27. The summed E-state index contributed by atoms with van der Waals surface area (Å²) in [5.41, 5.74) is 5.75. The molecule has 12 heavy (non-hydrogen) atoms. The molecule has 0 saturated heterocycles. The van der Waals surface area contributed by atoms with Gasteiger partial charge in [-0.1, -0.05) is 18.9 Å². The quantitative estimate of drug-likeness (QED) is 0.759. The van der Waals surface area contributed by atoms with Crippen molar-refractivity contribution < 1.29 is 0 Å². The van der Waals surface area contributed by atoms with E-state index >= 15 is 0 Å². The van der Waals surface area contributed by atoms with Gasteiger partial charge in [0.1, 0.15) is 0 Å². The van der Waals surface area contributed by atoms with Gasteiger partial charge in [-0.25, -0.2) is 0 Å². The minimum atomic E-state index is 0.637. The zero-order valence-corrected chi connectivity index (χ0v) is 8.02. The van der Waals surface area contributed by atoms with Crippen LogP contribution in [0, 0.1) is 5.92 Å². The molecule has 1 aromatic rings. The van der Waals surface area contributed by atoms with Crippen LogP contribution in [-0.4, -0.2) is 6.54 Å². The van der Waals surface area contributed by atoms with Crippen LogP contribution in [0.4, 0.5) is 0 Å². The third-order valence-electron chi connectivity index (χ3n) is 2.54. The molecule has 1 aromatic heterocycles. The maximum absolute atomic E-state index is 5.75. The highest BCUT2D eigenvalue weighted by Crippen LogP contribution is 2.39. The lowest BCUT2D eigenvalue weighted by Crippen LogP contribution is -2.11. The van der Waals surface area contributed by atoms with E-state index in [9.17, 15) is 0 Å². The van der Waals surface area contributed by atoms with Crippen LogP contribution in [-0.2, 0) is 0 Å². The Labute approximate surface area is 77.6 Å². The molecule has 0 bridgehead atoms. The molecule has 0 aliphatic heterocycles. The van der Waals surface area contributed by atoms with E-state index < -0.39 is 0 Å². The van der Waals surface area contributed by atoms with Crippen molar-refractivity contribution in [2.45, 2.75) is 25.2 Å². The lowest BCUT2D eigenvalue weighted by atomic mass is 10.0. The minimum Gasteiger partial charge on any atom is -0.330 e. The Morgan fingerprint density at radius 2 is 2.42 bits per heavy atom. The van der Waals surface area contributed by atoms with Gasteiger partial charge in [-0.05, 0) is 30.3 Å². The number of hydrogen-bond acceptors (Lipinski definition) is 2. The summed E-state index contributed by atoms with van der Waals surface area (Å²) in [6.07, 6.45) is 4.18. The predicted molar refractivity (Wildman–Crippen MR) is 53.5 cm³/mol. The molecular weight excluding hydrogens is 166 g/mol. The monoisotopic (exact) mass is 181 g/mol. The first-order valence-electron chi connectivity index (χ1n) is 4.63. The normalized spacial score (nSPS) is 19.4. The van der Waals surface area contributed by atoms with Gasteiger partial charge in [0.25, 0.3) is 0 Å². The Balaban J connectivity index is 1.97. The summed E-state index contributed by atoms with van der Waals surface area (Å²) in [5, 5.41) is 2.14. The van der Waals surface area contributed by atoms with E-state index in [2.05, 4.69) is 17.5 Å². The molecule has 0 radical (unpaired) electrons. The zero-order valence-electron chi connectivity index (χ0n) is 7.20. The standard InChI is InChI=1S/C10H15NS/c11-7-9(6-8-3-4-8)10-2-1-5-12-10/h1-2,5,8-9H,3-4,6-7,11H2/t9-/m1/s1. The van der Waals surface area contributed by atoms with Crippen LogP contribution in [0.5, 0.6) is 0 Å². The second-order valence-electron chi connectivity index (χ2n) is 3.63. The van der Waals surface area contributed by atoms with E-state index in [1.165, 1.54) is 24.1 Å². The fraction of sp³-hybridized carbons (Fsp3) is 0.600. The van der Waals surface area contributed by atoms with Crippen molar-refractivity contribution in [1.29, 1.82) is 0 Å². The Hall–Kier alpha value is -0.340. The molecule has 1 fully saturated rings. The molecule has 1 aliphatic carbocycles. The molecule has 0 unspecified atom stereocenters. The summed E-state index contributed by atoms with van der Waals surface area (Å²) in [4.78, 5) is 1.48. The fourth-order valence-corrected chi connectivity index (χ4v) is 2.46. The van der Waals surface area contributed by atoms with Crippen molar-refractivity contribution in [3.8, 4) is 0 Å². The molecule has 1 nitrogen and oxygen atoms in total. The molecule has 2 N–H and O–H groups in total. The van der Waals surface area contributed by atoms with Crippen molar-refractivity contribution in [2.24, 2.45) is 11.7 Å². The molecule has 1 heterocycles. The third kappa shape index (κ3) is 1.87. The third-order valence-corrected chi connectivity index (χ3v) is 3.58. The number of rotatable bonds is 4. The summed E-state index contributed by atoms with van der Waals surface area (Å²) in [6.45, 7) is 0.816. The Morgan fingerprint density at radius 3 is 2.92 bits per heavy atom. The zero-order chi connectivity index (χ0) is 8.39. The summed E-state index contributed by atoms with van der Waals surface area (Å²) in [7, 11) is 0. The van der Waals surface area contributed by atoms with Gasteiger partial charge in [0.2, 0.25) is 0 Å². The largest absolute Gasteiger partial charge is 0.330 e. The second kappa shape index (κ2) is 3.58. The van der Waals surface area contributed by atoms with Crippen LogP contribution < -0.4 is 5.73 Å². The van der Waals surface area contributed by atoms with Crippen LogP contribution >= 0.6 is 11.3 Å². The Kier molecular flexibility index (Phi) is 2.47. The van der Waals surface area contributed by atoms with Crippen molar-refractivity contribution in [3.05, 3.63) is 22.4 Å². The highest BCUT2D eigenvalue weighted by Gasteiger charge is 2.25. The van der Waals surface area contributed by atoms with E-state index in [1.54, 1.807) is 0 Å². The first-order chi connectivity index (χ1) is 5.90. The van der Waals surface area contributed by atoms with Crippen molar-refractivity contribution in [2.75, 3.05) is 6.54 Å². The van der Waals surface area contributed by atoms with Gasteiger partial charge in [-0.2, -0.15) is 0 Å². The van der Waals surface area contributed by atoms with Gasteiger partial charge in [0.05, 0.1) is 0 Å². The molecule has 0 spiro atoms. The molecule has 66 valence electrons. The summed E-state index contributed by atoms with van der Waals surface area (Å²) < 4.78 is 0. The highest BCUT2D eigenvalue weighted by atomic mass is 32.1. The number of thiophene rings is 1. The molecule has 0 amide bonds. The average Bonchev–Trinajstić information content (AvgIpc) is 2.74. The van der Waals surface area contributed by atoms with Crippen molar-refractivity contribution in [1.82, 2.24) is 0 Å². The number of nitrogens with two attached hydrogens (primary N) is 1. The highest BCUT2D eigenvalue weighted by molar-refractivity contribution is 7.10. The summed E-state index contributed by atoms with van der Waals surface area (Å²) in [5.74, 6) is 1.62. The van der Waals surface area contributed by atoms with Crippen LogP contribution in [0.2, 0.25) is 0 Å². The minimum absolute atomic E-state index is 0.637. The van der Waals surface area contributed by atoms with Crippen LogP contribution in [0.25, 0.3) is 0 Å². The van der Waals surface area contributed by atoms with Gasteiger partial charge in [-0.15, -0.1) is 11.3 Å². The maximum Gasteiger partial charge on any atom is 0.00888 e. The van der Waals surface area contributed by atoms with Crippen molar-refractivity contribution >= 4 is 11.3 Å². The summed E-state index contributed by atoms with van der Waals surface area (Å²) in [6, 6.07) is 4.33. The van der Waals surface area contributed by atoms with Crippen LogP contribution in [0.15, 0.2) is 17.5 Å². The molecule has 1 saturated carbocycles. The fourth-order valence-electron chi connectivity index (χ4n) is 1.61. The average molecular weight is 181 g/mol. The molecular formula is C10H15NS. The number of hydrogen-bond donors (Lipinski definition) is 1. The van der Waals surface area contributed by atoms with E-state index in [-0.39, 0.29) is 0 Å². The van der Waals surface area contributed by atoms with Gasteiger partial charge in [0.15, 0.2) is 0 Å². The van der Waals surface area contributed by atoms with Gasteiger partial charge >= 0.3 is 0 Å². The van der Waals surface area contributed by atoms with Gasteiger partial charge in [0, 0.05) is 10.8 Å². The molecule has 2 rings (SSSR count). The van der Waals surface area contributed by atoms with Crippen LogP contribution in [0.1, 0.15) is 30.1 Å². The van der Waals surface area contributed by atoms with Gasteiger partial charge < -0.3 is 5.73 Å². The van der Waals surface area contributed by atoms with Crippen LogP contribution in [0.3, 0.4) is 0 Å². The summed E-state index contributed by atoms with van der Waals surface area (Å²) >= 11 is 1.85. The molecule has 1 aliphatic rings. The molecule has 0 aromatic carbocycles. The smallest absolute Gasteiger partial charge is 0.00888 e. The van der Waals surface area contributed by atoms with E-state index in [1.807, 2.05) is 11.3 Å². The van der Waals surface area contributed by atoms with E-state index in [0.29, 0.717) is 5.92 Å². The molecule has 1 atom stereocenters. The Bertz CT molecular complexity index is 226. The molecule has 2 heteroatoms. The lowest BCUT2D eigenvalue weighted by Gasteiger charge is -2.11. The SMILES string of the molecule is NC[C@@H](CC1CC1)c1cccs1. The topological polar surface area (TPSA) is 26.0 Å². The van der Waals surface area contributed by atoms with Crippen molar-refractivity contribution in [3.63, 3.8) is 0 Å². The lowest BCUT2D eigenvalue weighted by molar-refractivity contribution is 0.593. The first-order valence-corrected chi connectivity index (χ1v) is 5.51. The van der Waals surface area contributed by atoms with Gasteiger partial charge in [-0.3, -0.25) is 0 Å². The van der Waals surface area contributed by atoms with E-state index in [4.69, 9.17) is 5.73 Å². The van der Waals surface area contributed by atoms with E-state index in [0.717, 1.165) is 12.5 Å². The predicted octanol–water partition coefficient (Wildman–Crippen LogP) is 2.59.